The van der Waals surface area contributed by atoms with E-state index in [1.165, 1.54) is 0 Å². The van der Waals surface area contributed by atoms with Crippen LogP contribution < -0.4 is 5.73 Å². The molecule has 0 spiro atoms. The highest BCUT2D eigenvalue weighted by atomic mass is 35.5. The number of aliphatic hydroxyl groups is 3. The van der Waals surface area contributed by atoms with E-state index in [0.29, 0.717) is 49.0 Å². The number of ether oxygens (including phenoxy) is 1. The van der Waals surface area contributed by atoms with Gasteiger partial charge in [0.25, 0.3) is 5.91 Å². The van der Waals surface area contributed by atoms with Crippen molar-refractivity contribution in [3.8, 4) is 5.75 Å². The van der Waals surface area contributed by atoms with Crippen LogP contribution in [-0.2, 0) is 32.1 Å². The number of likely N-dealkylation sites (tertiary alicyclic amines) is 1. The van der Waals surface area contributed by atoms with Crippen LogP contribution in [0.1, 0.15) is 29.5 Å². The Morgan fingerprint density at radius 2 is 1.85 bits per heavy atom. The summed E-state index contributed by atoms with van der Waals surface area (Å²) in [6.45, 7) is 3.39. The summed E-state index contributed by atoms with van der Waals surface area (Å²) in [6.07, 6.45) is 1.24. The van der Waals surface area contributed by atoms with Crippen LogP contribution in [0.25, 0.3) is 5.76 Å². The number of phenols is 1. The van der Waals surface area contributed by atoms with E-state index in [0.717, 1.165) is 19.5 Å². The Bertz CT molecular complexity index is 1360. The number of primary amides is 1. The lowest BCUT2D eigenvalue weighted by Crippen LogP contribution is -2.67. The first-order valence-electron chi connectivity index (χ1n) is 13.1. The highest BCUT2D eigenvalue weighted by Gasteiger charge is 2.64. The molecule has 0 radical (unpaired) electrons. The number of hydrogen-bond acceptors (Lipinski definition) is 10. The minimum absolute atomic E-state index is 0.0230. The molecule has 1 amide bonds. The Balaban J connectivity index is 1.50. The van der Waals surface area contributed by atoms with Gasteiger partial charge in [0, 0.05) is 41.7 Å². The number of phenolic OH excluding ortho intramolecular Hbond substituents is 1. The number of benzene rings is 1. The lowest BCUT2D eigenvalue weighted by molar-refractivity contribution is -0.157. The molecule has 6 N–H and O–H groups in total. The number of Topliss-reactive ketones (excluding diaryl/α,β-unsaturated/α-hetero) is 2. The van der Waals surface area contributed by atoms with Gasteiger partial charge in [-0.2, -0.15) is 0 Å². The van der Waals surface area contributed by atoms with Crippen LogP contribution in [0.4, 0.5) is 0 Å². The topological polar surface area (TPSA) is 174 Å². The van der Waals surface area contributed by atoms with E-state index >= 15 is 0 Å². The van der Waals surface area contributed by atoms with Gasteiger partial charge >= 0.3 is 0 Å². The van der Waals surface area contributed by atoms with E-state index in [2.05, 4.69) is 4.90 Å². The quantitative estimate of drug-likeness (QED) is 0.328. The molecule has 2 saturated heterocycles. The summed E-state index contributed by atoms with van der Waals surface area (Å²) in [7, 11) is 0. The standard InChI is InChI=1S/C27H30ClN3O8/c28-16-10-13(11-30-2-1-3-30)21(32)18-14(16)8-12-9-15-20(31-4-6-39-7-5-31)23(34)19(26(29)37)25(36)27(15,38)24(35)17(12)22(18)33/h10,12,15,20,32-33,36,38H,1-9,11H2,(H2,29,37)/t12-,15-,20-,27-/m0/s1. The summed E-state index contributed by atoms with van der Waals surface area (Å²) in [5, 5.41) is 45.9. The maximum Gasteiger partial charge on any atom is 0.255 e. The number of fused-ring (bicyclic) bond motifs is 3. The molecule has 3 fully saturated rings. The Kier molecular flexibility index (Phi) is 6.27. The number of morpholine rings is 1. The summed E-state index contributed by atoms with van der Waals surface area (Å²) in [5.74, 6) is -6.66. The van der Waals surface area contributed by atoms with Crippen molar-refractivity contribution in [3.05, 3.63) is 44.7 Å². The van der Waals surface area contributed by atoms with E-state index in [9.17, 15) is 34.8 Å². The Morgan fingerprint density at radius 1 is 1.15 bits per heavy atom. The molecule has 1 aromatic rings. The van der Waals surface area contributed by atoms with Crippen molar-refractivity contribution >= 4 is 34.8 Å². The van der Waals surface area contributed by atoms with E-state index < -0.39 is 58.0 Å². The molecule has 5 aliphatic rings. The molecule has 1 saturated carbocycles. The summed E-state index contributed by atoms with van der Waals surface area (Å²) >= 11 is 6.64. The summed E-state index contributed by atoms with van der Waals surface area (Å²) in [4.78, 5) is 43.7. The van der Waals surface area contributed by atoms with Crippen LogP contribution in [0.5, 0.6) is 5.75 Å². The molecule has 11 nitrogen and oxygen atoms in total. The second-order valence-corrected chi connectivity index (χ2v) is 11.4. The van der Waals surface area contributed by atoms with Crippen molar-refractivity contribution in [3.63, 3.8) is 0 Å². The fourth-order valence-corrected chi connectivity index (χ4v) is 7.20. The zero-order valence-electron chi connectivity index (χ0n) is 21.2. The molecule has 0 unspecified atom stereocenters. The Labute approximate surface area is 229 Å². The van der Waals surface area contributed by atoms with Crippen molar-refractivity contribution in [2.45, 2.75) is 37.5 Å². The van der Waals surface area contributed by atoms with E-state index in [1.54, 1.807) is 11.0 Å². The van der Waals surface area contributed by atoms with Crippen molar-refractivity contribution in [1.29, 1.82) is 0 Å². The number of carbonyl (C=O) groups is 3. The molecule has 208 valence electrons. The number of nitrogens with zero attached hydrogens (tertiary/aromatic N) is 2. The third-order valence-electron chi connectivity index (χ3n) is 8.97. The van der Waals surface area contributed by atoms with Crippen LogP contribution in [0.15, 0.2) is 23.0 Å². The lowest BCUT2D eigenvalue weighted by Gasteiger charge is -2.51. The van der Waals surface area contributed by atoms with Crippen LogP contribution in [-0.4, -0.2) is 98.7 Å². The normalized spacial score (nSPS) is 31.5. The number of ketones is 2. The summed E-state index contributed by atoms with van der Waals surface area (Å²) in [5.41, 5.74) is 2.75. The molecule has 39 heavy (non-hydrogen) atoms. The van der Waals surface area contributed by atoms with Gasteiger partial charge in [0.15, 0.2) is 11.4 Å². The second kappa shape index (κ2) is 9.31. The van der Waals surface area contributed by atoms with Crippen molar-refractivity contribution in [2.24, 2.45) is 17.6 Å². The second-order valence-electron chi connectivity index (χ2n) is 11.0. The minimum Gasteiger partial charge on any atom is -0.508 e. The lowest BCUT2D eigenvalue weighted by atomic mass is 9.57. The van der Waals surface area contributed by atoms with E-state index in [-0.39, 0.29) is 29.7 Å². The number of nitrogens with two attached hydrogens (primary N) is 1. The van der Waals surface area contributed by atoms with Crippen molar-refractivity contribution in [1.82, 2.24) is 9.80 Å². The molecule has 6 rings (SSSR count). The summed E-state index contributed by atoms with van der Waals surface area (Å²) in [6, 6.07) is 0.552. The maximum atomic E-state index is 14.1. The van der Waals surface area contributed by atoms with E-state index in [1.807, 2.05) is 0 Å². The average Bonchev–Trinajstić information content (AvgIpc) is 2.86. The smallest absolute Gasteiger partial charge is 0.255 e. The van der Waals surface area contributed by atoms with Gasteiger partial charge in [0.2, 0.25) is 5.78 Å². The molecule has 2 aliphatic heterocycles. The number of aromatic hydroxyl groups is 1. The third-order valence-corrected chi connectivity index (χ3v) is 9.31. The van der Waals surface area contributed by atoms with Gasteiger partial charge in [0.05, 0.1) is 24.8 Å². The molecule has 2 heterocycles. The molecular weight excluding hydrogens is 530 g/mol. The minimum atomic E-state index is -2.67. The van der Waals surface area contributed by atoms with Gasteiger partial charge in [-0.1, -0.05) is 11.6 Å². The number of halogens is 1. The van der Waals surface area contributed by atoms with Gasteiger partial charge in [-0.05, 0) is 49.9 Å². The van der Waals surface area contributed by atoms with Gasteiger partial charge in [-0.3, -0.25) is 24.2 Å². The zero-order chi connectivity index (χ0) is 27.8. The molecule has 1 aromatic carbocycles. The van der Waals surface area contributed by atoms with Crippen LogP contribution in [0.2, 0.25) is 5.02 Å². The molecule has 3 aliphatic carbocycles. The van der Waals surface area contributed by atoms with Gasteiger partial charge < -0.3 is 30.9 Å². The Hall–Kier alpha value is -2.96. The molecule has 0 aromatic heterocycles. The molecule has 0 bridgehead atoms. The van der Waals surface area contributed by atoms with Gasteiger partial charge in [-0.15, -0.1) is 0 Å². The third kappa shape index (κ3) is 3.75. The van der Waals surface area contributed by atoms with Crippen molar-refractivity contribution < 1.29 is 39.5 Å². The first-order valence-corrected chi connectivity index (χ1v) is 13.5. The van der Waals surface area contributed by atoms with E-state index in [4.69, 9.17) is 22.1 Å². The van der Waals surface area contributed by atoms with Crippen LogP contribution >= 0.6 is 11.6 Å². The first-order chi connectivity index (χ1) is 18.6. The first kappa shape index (κ1) is 26.3. The van der Waals surface area contributed by atoms with Gasteiger partial charge in [0.1, 0.15) is 22.8 Å². The fraction of sp³-hybridized carbons (Fsp3) is 0.519. The van der Waals surface area contributed by atoms with Crippen LogP contribution in [0.3, 0.4) is 0 Å². The largest absolute Gasteiger partial charge is 0.508 e. The maximum absolute atomic E-state index is 14.1. The average molecular weight is 560 g/mol. The number of carbonyl (C=O) groups excluding carboxylic acids is 3. The molecule has 4 atom stereocenters. The highest BCUT2D eigenvalue weighted by molar-refractivity contribution is 6.32. The number of rotatable bonds is 4. The van der Waals surface area contributed by atoms with Gasteiger partial charge in [-0.25, -0.2) is 0 Å². The van der Waals surface area contributed by atoms with Crippen LogP contribution in [0, 0.1) is 11.8 Å². The highest BCUT2D eigenvalue weighted by Crippen LogP contribution is 2.54. The summed E-state index contributed by atoms with van der Waals surface area (Å²) < 4.78 is 5.39. The number of hydrogen-bond donors (Lipinski definition) is 5. The number of amides is 1. The number of aliphatic hydroxyl groups excluding tert-OH is 2. The predicted octanol–water partition coefficient (Wildman–Crippen LogP) is 0.594. The SMILES string of the molecule is NC(=O)C1=C(O)[C@@]2(O)C(=O)C3=C(O)c4c(O)c(CN5CCC5)cc(Cl)c4C[C@H]3C[C@H]2[C@H](N2CCOCC2)C1=O. The monoisotopic (exact) mass is 559 g/mol. The molecule has 12 heteroatoms. The fourth-order valence-electron chi connectivity index (χ4n) is 6.90. The Morgan fingerprint density at radius 3 is 2.46 bits per heavy atom. The van der Waals surface area contributed by atoms with Crippen molar-refractivity contribution in [2.75, 3.05) is 39.4 Å². The predicted molar refractivity (Wildman–Crippen MR) is 138 cm³/mol. The zero-order valence-corrected chi connectivity index (χ0v) is 21.9. The molecular formula is C27H30ClN3O8.